The molecule has 0 saturated heterocycles. The third-order valence-electron chi connectivity index (χ3n) is 2.17. The van der Waals surface area contributed by atoms with E-state index < -0.39 is 10.0 Å². The largest absolute Gasteiger partial charge is 0.276 e. The Morgan fingerprint density at radius 1 is 1.37 bits per heavy atom. The summed E-state index contributed by atoms with van der Waals surface area (Å²) in [5.41, 5.74) is 0.995. The Morgan fingerprint density at radius 2 is 2.05 bits per heavy atom. The number of hydrogen-bond acceptors (Lipinski definition) is 5. The van der Waals surface area contributed by atoms with Gasteiger partial charge in [-0.1, -0.05) is 17.7 Å². The number of benzene rings is 1. The van der Waals surface area contributed by atoms with E-state index in [1.165, 1.54) is 29.7 Å². The van der Waals surface area contributed by atoms with Gasteiger partial charge in [0.2, 0.25) is 0 Å². The topological polar surface area (TPSA) is 71.4 Å². The van der Waals surface area contributed by atoms with Gasteiger partial charge in [0.05, 0.1) is 21.1 Å². The van der Waals surface area contributed by atoms with Crippen LogP contribution in [0.3, 0.4) is 0 Å². The zero-order valence-corrected chi connectivity index (χ0v) is 13.1. The first-order chi connectivity index (χ1) is 8.97. The lowest BCUT2D eigenvalue weighted by Crippen LogP contribution is -2.18. The van der Waals surface area contributed by atoms with Gasteiger partial charge in [0.1, 0.15) is 5.01 Å². The molecule has 1 aromatic carbocycles. The van der Waals surface area contributed by atoms with Gasteiger partial charge in [-0.05, 0) is 35.0 Å². The highest BCUT2D eigenvalue weighted by molar-refractivity contribution is 9.11. The zero-order chi connectivity index (χ0) is 13.9. The van der Waals surface area contributed by atoms with Crippen LogP contribution in [0.5, 0.6) is 0 Å². The summed E-state index contributed by atoms with van der Waals surface area (Å²) in [7, 11) is -3.62. The van der Waals surface area contributed by atoms with Crippen LogP contribution in [0.25, 0.3) is 0 Å². The monoisotopic (exact) mass is 359 g/mol. The lowest BCUT2D eigenvalue weighted by atomic mass is 10.2. The van der Waals surface area contributed by atoms with Crippen molar-refractivity contribution in [1.29, 1.82) is 0 Å². The SMILES string of the molecule is Cc1ccc(S(=O)(=O)NN=Cc2ncc(Br)s2)cc1. The fourth-order valence-electron chi connectivity index (χ4n) is 1.25. The highest BCUT2D eigenvalue weighted by Crippen LogP contribution is 2.17. The van der Waals surface area contributed by atoms with Crippen LogP contribution in [0.4, 0.5) is 0 Å². The third kappa shape index (κ3) is 3.85. The second-order valence-electron chi connectivity index (χ2n) is 3.67. The molecule has 5 nitrogen and oxygen atoms in total. The quantitative estimate of drug-likeness (QED) is 0.673. The molecule has 0 unspecified atom stereocenters. The minimum absolute atomic E-state index is 0.176. The Labute approximate surface area is 123 Å². The summed E-state index contributed by atoms with van der Waals surface area (Å²) in [6.45, 7) is 1.89. The average Bonchev–Trinajstić information content (AvgIpc) is 2.75. The van der Waals surface area contributed by atoms with Gasteiger partial charge in [0.15, 0.2) is 0 Å². The Hall–Kier alpha value is -1.25. The first kappa shape index (κ1) is 14.2. The standard InChI is InChI=1S/C11H10BrN3O2S2/c1-8-2-4-9(5-3-8)19(16,17)15-14-7-11-13-6-10(12)18-11/h2-7,15H,1H3. The lowest BCUT2D eigenvalue weighted by molar-refractivity contribution is 0.584. The number of aryl methyl sites for hydroxylation is 1. The first-order valence-electron chi connectivity index (χ1n) is 5.20. The first-order valence-corrected chi connectivity index (χ1v) is 8.29. The van der Waals surface area contributed by atoms with Crippen LogP contribution < -0.4 is 4.83 Å². The van der Waals surface area contributed by atoms with Crippen molar-refractivity contribution in [2.75, 3.05) is 0 Å². The predicted octanol–water partition coefficient (Wildman–Crippen LogP) is 2.53. The van der Waals surface area contributed by atoms with Gasteiger partial charge < -0.3 is 0 Å². The number of hydrogen-bond donors (Lipinski definition) is 1. The van der Waals surface area contributed by atoms with Crippen molar-refractivity contribution >= 4 is 43.5 Å². The molecular formula is C11H10BrN3O2S2. The van der Waals surface area contributed by atoms with Crippen LogP contribution in [0.15, 0.2) is 44.2 Å². The molecule has 0 spiro atoms. The van der Waals surface area contributed by atoms with E-state index in [2.05, 4.69) is 30.8 Å². The molecule has 0 saturated carbocycles. The Morgan fingerprint density at radius 3 is 2.63 bits per heavy atom. The summed E-state index contributed by atoms with van der Waals surface area (Å²) in [4.78, 5) is 6.33. The summed E-state index contributed by atoms with van der Waals surface area (Å²) in [5, 5.41) is 4.30. The number of aromatic nitrogens is 1. The number of thiazole rings is 1. The molecule has 8 heteroatoms. The van der Waals surface area contributed by atoms with Crippen LogP contribution in [-0.2, 0) is 10.0 Å². The zero-order valence-electron chi connectivity index (χ0n) is 9.87. The molecule has 1 N–H and O–H groups in total. The minimum Gasteiger partial charge on any atom is -0.242 e. The Bertz CT molecular complexity index is 693. The van der Waals surface area contributed by atoms with E-state index in [-0.39, 0.29) is 4.90 Å². The molecule has 1 heterocycles. The van der Waals surface area contributed by atoms with Crippen LogP contribution >= 0.6 is 27.3 Å². The maximum atomic E-state index is 11.9. The van der Waals surface area contributed by atoms with Crippen molar-refractivity contribution < 1.29 is 8.42 Å². The van der Waals surface area contributed by atoms with Crippen molar-refractivity contribution in [2.45, 2.75) is 11.8 Å². The van der Waals surface area contributed by atoms with Crippen LogP contribution in [-0.4, -0.2) is 19.6 Å². The molecule has 1 aromatic heterocycles. The number of hydrazone groups is 1. The minimum atomic E-state index is -3.62. The summed E-state index contributed by atoms with van der Waals surface area (Å²) in [6, 6.07) is 6.53. The predicted molar refractivity (Wildman–Crippen MR) is 78.9 cm³/mol. The van der Waals surface area contributed by atoms with Crippen LogP contribution in [0.1, 0.15) is 10.6 Å². The number of halogens is 1. The second-order valence-corrected chi connectivity index (χ2v) is 7.77. The van der Waals surface area contributed by atoms with Crippen molar-refractivity contribution in [3.8, 4) is 0 Å². The molecule has 0 fully saturated rings. The summed E-state index contributed by atoms with van der Waals surface area (Å²) >= 11 is 4.62. The number of sulfonamides is 1. The molecule has 0 atom stereocenters. The van der Waals surface area contributed by atoms with E-state index in [4.69, 9.17) is 0 Å². The molecule has 0 aliphatic heterocycles. The Kier molecular flexibility index (Phi) is 4.33. The van der Waals surface area contributed by atoms with Crippen molar-refractivity contribution in [3.63, 3.8) is 0 Å². The fraction of sp³-hybridized carbons (Fsp3) is 0.0909. The highest BCUT2D eigenvalue weighted by atomic mass is 79.9. The highest BCUT2D eigenvalue weighted by Gasteiger charge is 2.11. The molecule has 0 bridgehead atoms. The Balaban J connectivity index is 2.09. The normalized spacial score (nSPS) is 11.9. The second kappa shape index (κ2) is 5.81. The number of nitrogens with one attached hydrogen (secondary N) is 1. The van der Waals surface area contributed by atoms with Gasteiger partial charge in [-0.3, -0.25) is 0 Å². The molecular weight excluding hydrogens is 350 g/mol. The van der Waals surface area contributed by atoms with Gasteiger partial charge in [0, 0.05) is 0 Å². The van der Waals surface area contributed by atoms with E-state index in [1.807, 2.05) is 6.92 Å². The summed E-state index contributed by atoms with van der Waals surface area (Å²) in [5.74, 6) is 0. The molecule has 0 radical (unpaired) electrons. The molecule has 19 heavy (non-hydrogen) atoms. The summed E-state index contributed by atoms with van der Waals surface area (Å²) < 4.78 is 24.6. The molecule has 0 amide bonds. The molecule has 2 rings (SSSR count). The lowest BCUT2D eigenvalue weighted by Gasteiger charge is -2.02. The van der Waals surface area contributed by atoms with Crippen molar-refractivity contribution in [1.82, 2.24) is 9.82 Å². The number of rotatable bonds is 4. The molecule has 100 valence electrons. The van der Waals surface area contributed by atoms with Crippen molar-refractivity contribution in [3.05, 3.63) is 44.8 Å². The average molecular weight is 360 g/mol. The molecule has 0 aliphatic carbocycles. The van der Waals surface area contributed by atoms with Crippen LogP contribution in [0.2, 0.25) is 0 Å². The van der Waals surface area contributed by atoms with Gasteiger partial charge in [0.25, 0.3) is 10.0 Å². The maximum absolute atomic E-state index is 11.9. The smallest absolute Gasteiger partial charge is 0.242 e. The summed E-state index contributed by atoms with van der Waals surface area (Å²) in [6.07, 6.45) is 2.99. The number of nitrogens with zero attached hydrogens (tertiary/aromatic N) is 2. The maximum Gasteiger partial charge on any atom is 0.276 e. The van der Waals surface area contributed by atoms with E-state index in [0.717, 1.165) is 9.35 Å². The van der Waals surface area contributed by atoms with Gasteiger partial charge in [-0.15, -0.1) is 11.3 Å². The molecule has 2 aromatic rings. The van der Waals surface area contributed by atoms with Gasteiger partial charge in [-0.25, -0.2) is 4.98 Å². The van der Waals surface area contributed by atoms with E-state index >= 15 is 0 Å². The van der Waals surface area contributed by atoms with E-state index in [1.54, 1.807) is 18.3 Å². The molecule has 0 aliphatic rings. The third-order valence-corrected chi connectivity index (χ3v) is 4.82. The fourth-order valence-corrected chi connectivity index (χ4v) is 3.15. The van der Waals surface area contributed by atoms with Gasteiger partial charge >= 0.3 is 0 Å². The van der Waals surface area contributed by atoms with Crippen LogP contribution in [0, 0.1) is 6.92 Å². The van der Waals surface area contributed by atoms with Gasteiger partial charge in [-0.2, -0.15) is 18.4 Å². The van der Waals surface area contributed by atoms with E-state index in [0.29, 0.717) is 5.01 Å². The van der Waals surface area contributed by atoms with E-state index in [9.17, 15) is 8.42 Å². The van der Waals surface area contributed by atoms with Crippen molar-refractivity contribution in [2.24, 2.45) is 5.10 Å².